The van der Waals surface area contributed by atoms with Gasteiger partial charge in [-0.05, 0) is 42.7 Å². The summed E-state index contributed by atoms with van der Waals surface area (Å²) >= 11 is 0. The summed E-state index contributed by atoms with van der Waals surface area (Å²) in [5, 5.41) is 13.1. The van der Waals surface area contributed by atoms with Crippen molar-refractivity contribution in [2.75, 3.05) is 6.61 Å². The van der Waals surface area contributed by atoms with Crippen molar-refractivity contribution in [1.82, 2.24) is 19.4 Å². The summed E-state index contributed by atoms with van der Waals surface area (Å²) in [4.78, 5) is 0. The highest BCUT2D eigenvalue weighted by atomic mass is 16.5. The lowest BCUT2D eigenvalue weighted by Gasteiger charge is -2.10. The molecule has 4 aromatic rings. The molecule has 0 aliphatic rings. The molecule has 142 valence electrons. The zero-order valence-corrected chi connectivity index (χ0v) is 16.1. The predicted molar refractivity (Wildman–Crippen MR) is 111 cm³/mol. The van der Waals surface area contributed by atoms with Gasteiger partial charge in [-0.3, -0.25) is 0 Å². The van der Waals surface area contributed by atoms with E-state index >= 15 is 0 Å². The number of nitrogens with zero attached hydrogens (tertiary/aromatic N) is 5. The van der Waals surface area contributed by atoms with E-state index in [1.54, 1.807) is 17.3 Å². The van der Waals surface area contributed by atoms with E-state index in [0.29, 0.717) is 6.61 Å². The topological polar surface area (TPSA) is 57.2 Å². The van der Waals surface area contributed by atoms with Crippen LogP contribution in [0.25, 0.3) is 10.9 Å². The van der Waals surface area contributed by atoms with Crippen molar-refractivity contribution in [1.29, 1.82) is 0 Å². The SMILES string of the molecule is CCc1cc(C)cc(OCCn2cc(/C=N\n3cnnc3)c3ccccc32)c1. The molecule has 0 saturated heterocycles. The Morgan fingerprint density at radius 3 is 2.75 bits per heavy atom. The second-order valence-corrected chi connectivity index (χ2v) is 6.74. The van der Waals surface area contributed by atoms with Crippen LogP contribution in [0.3, 0.4) is 0 Å². The zero-order chi connectivity index (χ0) is 19.3. The van der Waals surface area contributed by atoms with Crippen molar-refractivity contribution in [2.45, 2.75) is 26.8 Å². The molecule has 0 fully saturated rings. The Morgan fingerprint density at radius 1 is 1.11 bits per heavy atom. The normalized spacial score (nSPS) is 11.5. The van der Waals surface area contributed by atoms with Crippen LogP contribution in [-0.4, -0.2) is 32.3 Å². The summed E-state index contributed by atoms with van der Waals surface area (Å²) in [6.07, 6.45) is 8.08. The first-order valence-electron chi connectivity index (χ1n) is 9.43. The second kappa shape index (κ2) is 8.08. The molecule has 0 spiro atoms. The number of ether oxygens (including phenoxy) is 1. The lowest BCUT2D eigenvalue weighted by Crippen LogP contribution is -2.07. The van der Waals surface area contributed by atoms with Crippen LogP contribution in [0.2, 0.25) is 0 Å². The molecule has 0 aliphatic heterocycles. The summed E-state index contributed by atoms with van der Waals surface area (Å²) in [5.74, 6) is 0.933. The summed E-state index contributed by atoms with van der Waals surface area (Å²) in [7, 11) is 0. The monoisotopic (exact) mass is 373 g/mol. The van der Waals surface area contributed by atoms with Gasteiger partial charge in [-0.1, -0.05) is 31.2 Å². The molecule has 6 nitrogen and oxygen atoms in total. The highest BCUT2D eigenvalue weighted by molar-refractivity contribution is 5.99. The predicted octanol–water partition coefficient (Wildman–Crippen LogP) is 4.06. The van der Waals surface area contributed by atoms with Gasteiger partial charge in [-0.25, -0.2) is 4.68 Å². The molecule has 0 atom stereocenters. The number of aryl methyl sites for hydroxylation is 2. The van der Waals surface area contributed by atoms with E-state index in [0.717, 1.165) is 35.2 Å². The third-order valence-corrected chi connectivity index (χ3v) is 4.68. The minimum Gasteiger partial charge on any atom is -0.492 e. The van der Waals surface area contributed by atoms with E-state index in [1.807, 2.05) is 12.3 Å². The molecule has 6 heteroatoms. The number of hydrogen-bond acceptors (Lipinski definition) is 4. The van der Waals surface area contributed by atoms with Gasteiger partial charge in [-0.2, -0.15) is 5.10 Å². The summed E-state index contributed by atoms with van der Waals surface area (Å²) in [6, 6.07) is 14.7. The number of rotatable bonds is 7. The molecule has 0 radical (unpaired) electrons. The Morgan fingerprint density at radius 2 is 1.93 bits per heavy atom. The van der Waals surface area contributed by atoms with E-state index in [9.17, 15) is 0 Å². The van der Waals surface area contributed by atoms with E-state index in [1.165, 1.54) is 11.1 Å². The van der Waals surface area contributed by atoms with Crippen LogP contribution in [0.4, 0.5) is 0 Å². The molecule has 2 aromatic heterocycles. The molecule has 0 N–H and O–H groups in total. The van der Waals surface area contributed by atoms with Crippen LogP contribution in [0.5, 0.6) is 5.75 Å². The molecular weight excluding hydrogens is 350 g/mol. The number of fused-ring (bicyclic) bond motifs is 1. The molecule has 0 bridgehead atoms. The molecule has 2 aromatic carbocycles. The molecule has 0 unspecified atom stereocenters. The molecule has 0 amide bonds. The highest BCUT2D eigenvalue weighted by Gasteiger charge is 2.07. The van der Waals surface area contributed by atoms with E-state index in [4.69, 9.17) is 4.74 Å². The van der Waals surface area contributed by atoms with Crippen LogP contribution >= 0.6 is 0 Å². The number of para-hydroxylation sites is 1. The van der Waals surface area contributed by atoms with Gasteiger partial charge in [0, 0.05) is 22.7 Å². The van der Waals surface area contributed by atoms with Crippen molar-refractivity contribution in [3.05, 3.63) is 78.0 Å². The smallest absolute Gasteiger partial charge is 0.141 e. The molecule has 2 heterocycles. The number of hydrogen-bond donors (Lipinski definition) is 0. The Balaban J connectivity index is 1.52. The Kier molecular flexibility index (Phi) is 5.19. The lowest BCUT2D eigenvalue weighted by molar-refractivity contribution is 0.300. The third kappa shape index (κ3) is 3.96. The minimum atomic E-state index is 0.604. The molecule has 28 heavy (non-hydrogen) atoms. The second-order valence-electron chi connectivity index (χ2n) is 6.74. The first kappa shape index (κ1) is 18.0. The van der Waals surface area contributed by atoms with Gasteiger partial charge in [0.25, 0.3) is 0 Å². The average molecular weight is 373 g/mol. The van der Waals surface area contributed by atoms with E-state index in [2.05, 4.69) is 76.3 Å². The van der Waals surface area contributed by atoms with Gasteiger partial charge in [0.05, 0.1) is 12.8 Å². The van der Waals surface area contributed by atoms with Gasteiger partial charge in [0.15, 0.2) is 0 Å². The van der Waals surface area contributed by atoms with Gasteiger partial charge in [-0.15, -0.1) is 10.2 Å². The van der Waals surface area contributed by atoms with Gasteiger partial charge >= 0.3 is 0 Å². The van der Waals surface area contributed by atoms with Crippen molar-refractivity contribution < 1.29 is 4.74 Å². The highest BCUT2D eigenvalue weighted by Crippen LogP contribution is 2.21. The van der Waals surface area contributed by atoms with Gasteiger partial charge in [0.1, 0.15) is 25.0 Å². The average Bonchev–Trinajstić information content (AvgIpc) is 3.34. The van der Waals surface area contributed by atoms with Crippen molar-refractivity contribution in [3.8, 4) is 5.75 Å². The first-order chi connectivity index (χ1) is 13.7. The quantitative estimate of drug-likeness (QED) is 0.459. The van der Waals surface area contributed by atoms with Crippen LogP contribution in [0, 0.1) is 6.92 Å². The fourth-order valence-electron chi connectivity index (χ4n) is 3.32. The fraction of sp³-hybridized carbons (Fsp3) is 0.227. The third-order valence-electron chi connectivity index (χ3n) is 4.68. The maximum atomic E-state index is 6.04. The summed E-state index contributed by atoms with van der Waals surface area (Å²) in [5.41, 5.74) is 4.74. The zero-order valence-electron chi connectivity index (χ0n) is 16.1. The summed E-state index contributed by atoms with van der Waals surface area (Å²) < 4.78 is 9.82. The van der Waals surface area contributed by atoms with Crippen molar-refractivity contribution in [3.63, 3.8) is 0 Å². The first-order valence-corrected chi connectivity index (χ1v) is 9.43. The lowest BCUT2D eigenvalue weighted by atomic mass is 10.1. The molecule has 0 aliphatic carbocycles. The Labute approximate surface area is 164 Å². The van der Waals surface area contributed by atoms with Crippen LogP contribution in [0.1, 0.15) is 23.6 Å². The Hall–Kier alpha value is -3.41. The van der Waals surface area contributed by atoms with Crippen molar-refractivity contribution >= 4 is 17.1 Å². The van der Waals surface area contributed by atoms with Gasteiger partial charge in [0.2, 0.25) is 0 Å². The van der Waals surface area contributed by atoms with E-state index < -0.39 is 0 Å². The molecular formula is C22H23N5O. The molecule has 0 saturated carbocycles. The van der Waals surface area contributed by atoms with Crippen molar-refractivity contribution in [2.24, 2.45) is 5.10 Å². The maximum Gasteiger partial charge on any atom is 0.141 e. The minimum absolute atomic E-state index is 0.604. The molecule has 4 rings (SSSR count). The maximum absolute atomic E-state index is 6.04. The fourth-order valence-corrected chi connectivity index (χ4v) is 3.32. The Bertz CT molecular complexity index is 1100. The standard InChI is InChI=1S/C22H23N5O/c1-3-18-10-17(2)11-20(12-18)28-9-8-26-14-19(13-25-27-15-23-24-16-27)21-6-4-5-7-22(21)26/h4-7,10-16H,3,8-9H2,1-2H3/b25-13-. The largest absolute Gasteiger partial charge is 0.492 e. The van der Waals surface area contributed by atoms with Crippen LogP contribution in [-0.2, 0) is 13.0 Å². The number of aromatic nitrogens is 4. The van der Waals surface area contributed by atoms with Gasteiger partial charge < -0.3 is 9.30 Å². The van der Waals surface area contributed by atoms with E-state index in [-0.39, 0.29) is 0 Å². The van der Waals surface area contributed by atoms with Crippen LogP contribution in [0.15, 0.2) is 66.4 Å². The number of benzene rings is 2. The summed E-state index contributed by atoms with van der Waals surface area (Å²) in [6.45, 7) is 5.63. The van der Waals surface area contributed by atoms with Crippen LogP contribution < -0.4 is 4.74 Å².